The Morgan fingerprint density at radius 2 is 1.85 bits per heavy atom. The number of amides is 1. The molecule has 1 fully saturated rings. The number of nitrogens with one attached hydrogen (secondary N) is 1. The molecule has 110 valence electrons. The highest BCUT2D eigenvalue weighted by Gasteiger charge is 2.43. The molecule has 1 atom stereocenters. The van der Waals surface area contributed by atoms with Gasteiger partial charge in [-0.05, 0) is 24.3 Å². The molecule has 1 aliphatic carbocycles. The van der Waals surface area contributed by atoms with E-state index in [-0.39, 0.29) is 24.5 Å². The number of hydrogen-bond donors (Lipinski definition) is 2. The van der Waals surface area contributed by atoms with Crippen molar-refractivity contribution in [3.05, 3.63) is 35.9 Å². The summed E-state index contributed by atoms with van der Waals surface area (Å²) in [6.07, 6.45) is 3.99. The van der Waals surface area contributed by atoms with E-state index in [1.807, 2.05) is 44.2 Å². The van der Waals surface area contributed by atoms with Gasteiger partial charge in [0.2, 0.25) is 5.91 Å². The fourth-order valence-corrected chi connectivity index (χ4v) is 3.11. The van der Waals surface area contributed by atoms with Gasteiger partial charge in [-0.1, -0.05) is 57.0 Å². The minimum Gasteiger partial charge on any atom is -0.394 e. The van der Waals surface area contributed by atoms with Gasteiger partial charge in [0.15, 0.2) is 0 Å². The number of aliphatic hydroxyl groups is 1. The molecule has 20 heavy (non-hydrogen) atoms. The van der Waals surface area contributed by atoms with Gasteiger partial charge in [-0.3, -0.25) is 4.79 Å². The van der Waals surface area contributed by atoms with E-state index in [4.69, 9.17) is 0 Å². The van der Waals surface area contributed by atoms with Gasteiger partial charge in [-0.2, -0.15) is 0 Å². The van der Waals surface area contributed by atoms with Crippen LogP contribution >= 0.6 is 0 Å². The zero-order valence-corrected chi connectivity index (χ0v) is 12.4. The van der Waals surface area contributed by atoms with E-state index in [9.17, 15) is 9.90 Å². The maximum Gasteiger partial charge on any atom is 0.230 e. The molecule has 3 heteroatoms. The molecule has 1 aliphatic rings. The van der Waals surface area contributed by atoms with Crippen LogP contribution in [0.3, 0.4) is 0 Å². The second-order valence-electron chi connectivity index (χ2n) is 6.16. The van der Waals surface area contributed by atoms with Gasteiger partial charge in [0.25, 0.3) is 0 Å². The van der Waals surface area contributed by atoms with Gasteiger partial charge in [0, 0.05) is 0 Å². The monoisotopic (exact) mass is 275 g/mol. The number of aliphatic hydroxyl groups excluding tert-OH is 1. The van der Waals surface area contributed by atoms with Crippen LogP contribution in [0.25, 0.3) is 0 Å². The van der Waals surface area contributed by atoms with E-state index in [0.717, 1.165) is 31.2 Å². The van der Waals surface area contributed by atoms with Crippen molar-refractivity contribution >= 4 is 5.91 Å². The van der Waals surface area contributed by atoms with Crippen molar-refractivity contribution in [2.45, 2.75) is 51.0 Å². The SMILES string of the molecule is CC(C)[C@@H](CO)NC(=O)C1(c2ccccc2)CCCC1. The van der Waals surface area contributed by atoms with Crippen LogP contribution < -0.4 is 5.32 Å². The minimum atomic E-state index is -0.399. The van der Waals surface area contributed by atoms with E-state index in [1.165, 1.54) is 0 Å². The van der Waals surface area contributed by atoms with Crippen LogP contribution in [0, 0.1) is 5.92 Å². The second kappa shape index (κ2) is 6.40. The predicted octanol–water partition coefficient (Wildman–Crippen LogP) is 2.63. The van der Waals surface area contributed by atoms with Crippen LogP contribution in [0.2, 0.25) is 0 Å². The fourth-order valence-electron chi connectivity index (χ4n) is 3.11. The third-order valence-electron chi connectivity index (χ3n) is 4.54. The molecular formula is C17H25NO2. The molecule has 2 N–H and O–H groups in total. The zero-order valence-electron chi connectivity index (χ0n) is 12.4. The van der Waals surface area contributed by atoms with Crippen molar-refractivity contribution in [2.24, 2.45) is 5.92 Å². The third-order valence-corrected chi connectivity index (χ3v) is 4.54. The normalized spacial score (nSPS) is 19.0. The van der Waals surface area contributed by atoms with Crippen LogP contribution in [0.15, 0.2) is 30.3 Å². The lowest BCUT2D eigenvalue weighted by atomic mass is 9.77. The van der Waals surface area contributed by atoms with Gasteiger partial charge in [-0.25, -0.2) is 0 Å². The first kappa shape index (κ1) is 15.0. The molecule has 2 rings (SSSR count). The molecular weight excluding hydrogens is 250 g/mol. The first-order valence-electron chi connectivity index (χ1n) is 7.57. The van der Waals surface area contributed by atoms with Gasteiger partial charge in [0.1, 0.15) is 0 Å². The van der Waals surface area contributed by atoms with E-state index in [0.29, 0.717) is 0 Å². The molecule has 1 amide bonds. The van der Waals surface area contributed by atoms with Gasteiger partial charge in [-0.15, -0.1) is 0 Å². The van der Waals surface area contributed by atoms with Gasteiger partial charge < -0.3 is 10.4 Å². The molecule has 1 aromatic rings. The highest BCUT2D eigenvalue weighted by molar-refractivity contribution is 5.88. The maximum atomic E-state index is 12.8. The predicted molar refractivity (Wildman–Crippen MR) is 80.4 cm³/mol. The van der Waals surface area contributed by atoms with Gasteiger partial charge >= 0.3 is 0 Å². The van der Waals surface area contributed by atoms with Gasteiger partial charge in [0.05, 0.1) is 18.1 Å². The van der Waals surface area contributed by atoms with E-state index in [1.54, 1.807) is 0 Å². The lowest BCUT2D eigenvalue weighted by Crippen LogP contribution is -2.50. The Hall–Kier alpha value is -1.35. The summed E-state index contributed by atoms with van der Waals surface area (Å²) >= 11 is 0. The van der Waals surface area contributed by atoms with Crippen LogP contribution in [-0.4, -0.2) is 23.7 Å². The topological polar surface area (TPSA) is 49.3 Å². The Bertz CT molecular complexity index is 436. The van der Waals surface area contributed by atoms with Crippen molar-refractivity contribution in [1.29, 1.82) is 0 Å². The van der Waals surface area contributed by atoms with Crippen LogP contribution in [0.4, 0.5) is 0 Å². The highest BCUT2D eigenvalue weighted by atomic mass is 16.3. The molecule has 0 spiro atoms. The lowest BCUT2D eigenvalue weighted by Gasteiger charge is -2.31. The van der Waals surface area contributed by atoms with Crippen molar-refractivity contribution in [3.8, 4) is 0 Å². The largest absolute Gasteiger partial charge is 0.394 e. The van der Waals surface area contributed by atoms with E-state index in [2.05, 4.69) is 5.32 Å². The Balaban J connectivity index is 2.23. The summed E-state index contributed by atoms with van der Waals surface area (Å²) in [7, 11) is 0. The lowest BCUT2D eigenvalue weighted by molar-refractivity contribution is -0.128. The molecule has 1 saturated carbocycles. The summed E-state index contributed by atoms with van der Waals surface area (Å²) < 4.78 is 0. The number of carbonyl (C=O) groups excluding carboxylic acids is 1. The summed E-state index contributed by atoms with van der Waals surface area (Å²) in [5.41, 5.74) is 0.708. The molecule has 0 heterocycles. The molecule has 0 saturated heterocycles. The summed E-state index contributed by atoms with van der Waals surface area (Å²) in [5, 5.41) is 12.5. The Morgan fingerprint density at radius 1 is 1.25 bits per heavy atom. The Labute approximate surface area is 121 Å². The molecule has 0 aliphatic heterocycles. The number of benzene rings is 1. The average Bonchev–Trinajstić information content (AvgIpc) is 2.96. The number of carbonyl (C=O) groups is 1. The average molecular weight is 275 g/mol. The Kier molecular flexibility index (Phi) is 4.81. The van der Waals surface area contributed by atoms with Crippen molar-refractivity contribution in [2.75, 3.05) is 6.61 Å². The van der Waals surface area contributed by atoms with E-state index < -0.39 is 5.41 Å². The van der Waals surface area contributed by atoms with Crippen LogP contribution in [-0.2, 0) is 10.2 Å². The number of rotatable bonds is 5. The Morgan fingerprint density at radius 3 is 2.35 bits per heavy atom. The molecule has 1 aromatic carbocycles. The minimum absolute atomic E-state index is 0.00568. The van der Waals surface area contributed by atoms with Crippen LogP contribution in [0.5, 0.6) is 0 Å². The van der Waals surface area contributed by atoms with Crippen LogP contribution in [0.1, 0.15) is 45.1 Å². The third kappa shape index (κ3) is 2.88. The smallest absolute Gasteiger partial charge is 0.230 e. The molecule has 0 aromatic heterocycles. The molecule has 0 radical (unpaired) electrons. The fraction of sp³-hybridized carbons (Fsp3) is 0.588. The number of hydrogen-bond acceptors (Lipinski definition) is 2. The standard InChI is InChI=1S/C17H25NO2/c1-13(2)15(12-19)18-16(20)17(10-6-7-11-17)14-8-4-3-5-9-14/h3-5,8-9,13,15,19H,6-7,10-12H2,1-2H3,(H,18,20)/t15-/m1/s1. The molecule has 0 unspecified atom stereocenters. The summed E-state index contributed by atoms with van der Waals surface area (Å²) in [4.78, 5) is 12.8. The quantitative estimate of drug-likeness (QED) is 0.868. The van der Waals surface area contributed by atoms with Crippen molar-refractivity contribution in [3.63, 3.8) is 0 Å². The second-order valence-corrected chi connectivity index (χ2v) is 6.16. The first-order chi connectivity index (χ1) is 9.60. The molecule has 3 nitrogen and oxygen atoms in total. The summed E-state index contributed by atoms with van der Waals surface area (Å²) in [5.74, 6) is 0.312. The summed E-state index contributed by atoms with van der Waals surface area (Å²) in [6.45, 7) is 4.03. The van der Waals surface area contributed by atoms with Crippen molar-refractivity contribution < 1.29 is 9.90 Å². The van der Waals surface area contributed by atoms with Crippen molar-refractivity contribution in [1.82, 2.24) is 5.32 Å². The summed E-state index contributed by atoms with van der Waals surface area (Å²) in [6, 6.07) is 9.91. The molecule has 0 bridgehead atoms. The first-order valence-corrected chi connectivity index (χ1v) is 7.57. The maximum absolute atomic E-state index is 12.8. The highest BCUT2D eigenvalue weighted by Crippen LogP contribution is 2.41. The van der Waals surface area contributed by atoms with E-state index >= 15 is 0 Å². The zero-order chi connectivity index (χ0) is 14.6.